The van der Waals surface area contributed by atoms with Gasteiger partial charge in [-0.2, -0.15) is 0 Å². The molecule has 0 spiro atoms. The molecule has 0 radical (unpaired) electrons. The van der Waals surface area contributed by atoms with E-state index in [0.29, 0.717) is 5.41 Å². The maximum Gasteiger partial charge on any atom is 0.328 e. The van der Waals surface area contributed by atoms with Crippen LogP contribution in [0.4, 0.5) is 0 Å². The maximum absolute atomic E-state index is 11.7. The first-order valence-corrected chi connectivity index (χ1v) is 6.40. The maximum atomic E-state index is 11.7. The van der Waals surface area contributed by atoms with E-state index in [1.165, 1.54) is 0 Å². The van der Waals surface area contributed by atoms with Gasteiger partial charge >= 0.3 is 5.69 Å². The van der Waals surface area contributed by atoms with Crippen LogP contribution >= 0.6 is 0 Å². The lowest BCUT2D eigenvalue weighted by Crippen LogP contribution is -2.29. The fourth-order valence-electron chi connectivity index (χ4n) is 1.65. The summed E-state index contributed by atoms with van der Waals surface area (Å²) in [6.45, 7) is 12.0. The molecule has 4 heteroatoms. The predicted octanol–water partition coefficient (Wildman–Crippen LogP) is 1.70. The van der Waals surface area contributed by atoms with Crippen molar-refractivity contribution in [3.63, 3.8) is 0 Å². The number of rotatable bonds is 6. The first-order valence-electron chi connectivity index (χ1n) is 6.40. The van der Waals surface area contributed by atoms with E-state index in [1.807, 2.05) is 19.3 Å². The van der Waals surface area contributed by atoms with Crippen molar-refractivity contribution >= 4 is 0 Å². The van der Waals surface area contributed by atoms with Gasteiger partial charge in [0.05, 0.1) is 0 Å². The van der Waals surface area contributed by atoms with Gasteiger partial charge in [-0.3, -0.25) is 9.13 Å². The Hall–Kier alpha value is -1.03. The van der Waals surface area contributed by atoms with Crippen LogP contribution in [0.25, 0.3) is 0 Å². The summed E-state index contributed by atoms with van der Waals surface area (Å²) in [5, 5.41) is 3.38. The average Bonchev–Trinajstić information content (AvgIpc) is 2.58. The molecule has 0 saturated carbocycles. The quantitative estimate of drug-likeness (QED) is 0.767. The second-order valence-corrected chi connectivity index (χ2v) is 5.62. The standard InChI is InChI=1S/C13H25N3O/c1-5-15-10-11-16(12(15)17)9-8-14-7-6-13(2,3)4/h10-11,14H,5-9H2,1-4H3. The third kappa shape index (κ3) is 4.77. The first-order chi connectivity index (χ1) is 7.94. The molecule has 0 aliphatic carbocycles. The normalized spacial score (nSPS) is 12.0. The Bertz CT molecular complexity index is 384. The van der Waals surface area contributed by atoms with Gasteiger partial charge in [-0.1, -0.05) is 20.8 Å². The van der Waals surface area contributed by atoms with Crippen LogP contribution in [0, 0.1) is 5.41 Å². The van der Waals surface area contributed by atoms with Crippen molar-refractivity contribution in [2.45, 2.75) is 47.2 Å². The van der Waals surface area contributed by atoms with Gasteiger partial charge in [-0.25, -0.2) is 4.79 Å². The Morgan fingerprint density at radius 1 is 1.18 bits per heavy atom. The zero-order valence-corrected chi connectivity index (χ0v) is 11.5. The van der Waals surface area contributed by atoms with Gasteiger partial charge in [0, 0.05) is 32.0 Å². The fraction of sp³-hybridized carbons (Fsp3) is 0.769. The van der Waals surface area contributed by atoms with Crippen molar-refractivity contribution in [2.24, 2.45) is 5.41 Å². The molecule has 0 saturated heterocycles. The van der Waals surface area contributed by atoms with Crippen LogP contribution in [0.2, 0.25) is 0 Å². The summed E-state index contributed by atoms with van der Waals surface area (Å²) in [7, 11) is 0. The van der Waals surface area contributed by atoms with Crippen molar-refractivity contribution in [1.82, 2.24) is 14.5 Å². The SMILES string of the molecule is CCn1ccn(CCNCCC(C)(C)C)c1=O. The summed E-state index contributed by atoms with van der Waals surface area (Å²) in [6, 6.07) is 0. The van der Waals surface area contributed by atoms with E-state index in [4.69, 9.17) is 0 Å². The third-order valence-corrected chi connectivity index (χ3v) is 2.84. The van der Waals surface area contributed by atoms with E-state index in [1.54, 1.807) is 9.13 Å². The van der Waals surface area contributed by atoms with Crippen molar-refractivity contribution < 1.29 is 0 Å². The van der Waals surface area contributed by atoms with Crippen molar-refractivity contribution in [2.75, 3.05) is 13.1 Å². The van der Waals surface area contributed by atoms with Gasteiger partial charge in [0.25, 0.3) is 0 Å². The molecule has 0 unspecified atom stereocenters. The summed E-state index contributed by atoms with van der Waals surface area (Å²) >= 11 is 0. The van der Waals surface area contributed by atoms with Crippen LogP contribution in [0.5, 0.6) is 0 Å². The Balaban J connectivity index is 2.27. The molecule has 0 fully saturated rings. The molecule has 1 rings (SSSR count). The smallest absolute Gasteiger partial charge is 0.315 e. The van der Waals surface area contributed by atoms with Crippen LogP contribution < -0.4 is 11.0 Å². The van der Waals surface area contributed by atoms with Gasteiger partial charge < -0.3 is 5.32 Å². The lowest BCUT2D eigenvalue weighted by molar-refractivity contribution is 0.365. The Morgan fingerprint density at radius 3 is 2.35 bits per heavy atom. The molecular weight excluding hydrogens is 214 g/mol. The molecule has 1 aromatic heterocycles. The number of nitrogens with one attached hydrogen (secondary N) is 1. The molecule has 4 nitrogen and oxygen atoms in total. The fourth-order valence-corrected chi connectivity index (χ4v) is 1.65. The number of nitrogens with zero attached hydrogens (tertiary/aromatic N) is 2. The highest BCUT2D eigenvalue weighted by Gasteiger charge is 2.08. The highest BCUT2D eigenvalue weighted by atomic mass is 16.1. The van der Waals surface area contributed by atoms with Crippen LogP contribution in [0.3, 0.4) is 0 Å². The molecule has 0 bridgehead atoms. The van der Waals surface area contributed by atoms with Crippen LogP contribution in [-0.4, -0.2) is 22.2 Å². The van der Waals surface area contributed by atoms with Crippen molar-refractivity contribution in [3.8, 4) is 0 Å². The molecule has 1 N–H and O–H groups in total. The van der Waals surface area contributed by atoms with Gasteiger partial charge in [-0.15, -0.1) is 0 Å². The van der Waals surface area contributed by atoms with Crippen LogP contribution in [0.1, 0.15) is 34.1 Å². The number of imidazole rings is 1. The highest BCUT2D eigenvalue weighted by molar-refractivity contribution is 4.81. The zero-order valence-electron chi connectivity index (χ0n) is 11.5. The van der Waals surface area contributed by atoms with E-state index in [2.05, 4.69) is 26.1 Å². The Labute approximate surface area is 104 Å². The summed E-state index contributed by atoms with van der Waals surface area (Å²) in [5.41, 5.74) is 0.458. The molecule has 1 aromatic rings. The average molecular weight is 239 g/mol. The lowest BCUT2D eigenvalue weighted by Gasteiger charge is -2.18. The minimum Gasteiger partial charge on any atom is -0.315 e. The lowest BCUT2D eigenvalue weighted by atomic mass is 9.92. The number of hydrogen-bond acceptors (Lipinski definition) is 2. The summed E-state index contributed by atoms with van der Waals surface area (Å²) in [4.78, 5) is 11.7. The predicted molar refractivity (Wildman–Crippen MR) is 71.3 cm³/mol. The highest BCUT2D eigenvalue weighted by Crippen LogP contribution is 2.16. The Kier molecular flexibility index (Phi) is 5.00. The summed E-state index contributed by atoms with van der Waals surface area (Å²) in [6.07, 6.45) is 4.85. The van der Waals surface area contributed by atoms with Crippen molar-refractivity contribution in [1.29, 1.82) is 0 Å². The van der Waals surface area contributed by atoms with E-state index < -0.39 is 0 Å². The molecule has 0 atom stereocenters. The summed E-state index contributed by atoms with van der Waals surface area (Å²) < 4.78 is 3.47. The van der Waals surface area contributed by atoms with Crippen LogP contribution in [-0.2, 0) is 13.1 Å². The number of aryl methyl sites for hydroxylation is 1. The minimum atomic E-state index is 0.0881. The second-order valence-electron chi connectivity index (χ2n) is 5.62. The van der Waals surface area contributed by atoms with Gasteiger partial charge in [0.1, 0.15) is 0 Å². The zero-order chi connectivity index (χ0) is 12.9. The second kappa shape index (κ2) is 6.05. The molecule has 98 valence electrons. The van der Waals surface area contributed by atoms with Gasteiger partial charge in [-0.05, 0) is 25.3 Å². The molecular formula is C13H25N3O. The molecule has 0 aromatic carbocycles. The van der Waals surface area contributed by atoms with Gasteiger partial charge in [0.2, 0.25) is 0 Å². The molecule has 17 heavy (non-hydrogen) atoms. The molecule has 1 heterocycles. The number of hydrogen-bond donors (Lipinski definition) is 1. The third-order valence-electron chi connectivity index (χ3n) is 2.84. The monoisotopic (exact) mass is 239 g/mol. The van der Waals surface area contributed by atoms with E-state index in [-0.39, 0.29) is 5.69 Å². The van der Waals surface area contributed by atoms with E-state index >= 15 is 0 Å². The first kappa shape index (κ1) is 14.0. The van der Waals surface area contributed by atoms with Gasteiger partial charge in [0.15, 0.2) is 0 Å². The van der Waals surface area contributed by atoms with E-state index in [9.17, 15) is 4.79 Å². The molecule has 0 amide bonds. The number of aromatic nitrogens is 2. The summed E-state index contributed by atoms with van der Waals surface area (Å²) in [5.74, 6) is 0. The van der Waals surface area contributed by atoms with Crippen molar-refractivity contribution in [3.05, 3.63) is 22.9 Å². The molecule has 0 aliphatic heterocycles. The Morgan fingerprint density at radius 2 is 1.82 bits per heavy atom. The minimum absolute atomic E-state index is 0.0881. The topological polar surface area (TPSA) is 39.0 Å². The van der Waals surface area contributed by atoms with E-state index in [0.717, 1.165) is 32.6 Å². The largest absolute Gasteiger partial charge is 0.328 e. The molecule has 0 aliphatic rings. The van der Waals surface area contributed by atoms with Crippen LogP contribution in [0.15, 0.2) is 17.2 Å².